The van der Waals surface area contributed by atoms with Gasteiger partial charge >= 0.3 is 0 Å². The highest BCUT2D eigenvalue weighted by Crippen LogP contribution is 2.36. The second kappa shape index (κ2) is 11.2. The van der Waals surface area contributed by atoms with Crippen molar-refractivity contribution in [1.82, 2.24) is 35.0 Å². The van der Waals surface area contributed by atoms with E-state index >= 15 is 0 Å². The molecule has 1 N–H and O–H groups in total. The van der Waals surface area contributed by atoms with Crippen molar-refractivity contribution in [2.75, 3.05) is 40.4 Å². The van der Waals surface area contributed by atoms with Crippen molar-refractivity contribution in [2.45, 2.75) is 44.3 Å². The Hall–Kier alpha value is -3.76. The molecule has 204 valence electrons. The average molecular weight is 530 g/mol. The van der Waals surface area contributed by atoms with Crippen LogP contribution in [-0.4, -0.2) is 75.4 Å². The van der Waals surface area contributed by atoms with Crippen LogP contribution < -0.4 is 15.0 Å². The number of rotatable bonds is 8. The number of tetrazole rings is 1. The third-order valence-corrected chi connectivity index (χ3v) is 8.13. The molecule has 1 aliphatic carbocycles. The van der Waals surface area contributed by atoms with E-state index in [0.29, 0.717) is 22.6 Å². The summed E-state index contributed by atoms with van der Waals surface area (Å²) in [7, 11) is 3.20. The number of methoxy groups -OCH3 is 2. The molecule has 1 unspecified atom stereocenters. The molecule has 2 fully saturated rings. The van der Waals surface area contributed by atoms with E-state index in [-0.39, 0.29) is 17.6 Å². The molecule has 2 aromatic heterocycles. The molecule has 39 heavy (non-hydrogen) atoms. The van der Waals surface area contributed by atoms with Crippen molar-refractivity contribution in [3.8, 4) is 11.5 Å². The van der Waals surface area contributed by atoms with Gasteiger partial charge in [0.2, 0.25) is 0 Å². The maximum absolute atomic E-state index is 13.7. The summed E-state index contributed by atoms with van der Waals surface area (Å²) in [4.78, 5) is 21.6. The Bertz CT molecular complexity index is 1470. The fourth-order valence-corrected chi connectivity index (χ4v) is 6.06. The summed E-state index contributed by atoms with van der Waals surface area (Å²) in [5, 5.41) is 13.9. The Morgan fingerprint density at radius 3 is 2.41 bits per heavy atom. The second-order valence-corrected chi connectivity index (χ2v) is 10.5. The molecular formula is C29H35N7O3. The van der Waals surface area contributed by atoms with Crippen molar-refractivity contribution < 1.29 is 9.47 Å². The van der Waals surface area contributed by atoms with Crippen LogP contribution in [-0.2, 0) is 6.54 Å². The van der Waals surface area contributed by atoms with E-state index in [1.54, 1.807) is 20.3 Å². The predicted molar refractivity (Wildman–Crippen MR) is 148 cm³/mol. The molecule has 4 aromatic rings. The minimum absolute atomic E-state index is 0.146. The summed E-state index contributed by atoms with van der Waals surface area (Å²) in [6, 6.07) is 16.1. The van der Waals surface area contributed by atoms with E-state index < -0.39 is 0 Å². The number of benzene rings is 2. The number of nitrogens with zero attached hydrogens (tertiary/aromatic N) is 6. The number of aromatic nitrogens is 5. The maximum Gasteiger partial charge on any atom is 0.253 e. The lowest BCUT2D eigenvalue weighted by molar-refractivity contribution is 0.0989. The summed E-state index contributed by atoms with van der Waals surface area (Å²) in [6.07, 6.45) is 4.46. The Kier molecular flexibility index (Phi) is 7.30. The van der Waals surface area contributed by atoms with Crippen LogP contribution in [0.25, 0.3) is 10.9 Å². The van der Waals surface area contributed by atoms with Crippen LogP contribution in [0.4, 0.5) is 0 Å². The van der Waals surface area contributed by atoms with E-state index in [0.717, 1.165) is 56.8 Å². The van der Waals surface area contributed by atoms with Crippen LogP contribution >= 0.6 is 0 Å². The normalized spacial score (nSPS) is 18.0. The Morgan fingerprint density at radius 1 is 0.974 bits per heavy atom. The maximum atomic E-state index is 13.7. The van der Waals surface area contributed by atoms with Gasteiger partial charge in [0.05, 0.1) is 25.8 Å². The molecule has 2 aromatic carbocycles. The summed E-state index contributed by atoms with van der Waals surface area (Å²) in [5.74, 6) is 1.93. The van der Waals surface area contributed by atoms with Crippen LogP contribution in [0, 0.1) is 0 Å². The molecule has 0 radical (unpaired) electrons. The monoisotopic (exact) mass is 529 g/mol. The van der Waals surface area contributed by atoms with Crippen LogP contribution in [0.3, 0.4) is 0 Å². The molecule has 1 aliphatic heterocycles. The van der Waals surface area contributed by atoms with E-state index in [1.165, 1.54) is 18.4 Å². The molecular weight excluding hydrogens is 494 g/mol. The first-order chi connectivity index (χ1) is 19.1. The van der Waals surface area contributed by atoms with Crippen LogP contribution in [0.5, 0.6) is 11.5 Å². The Labute approximate surface area is 227 Å². The Balaban J connectivity index is 1.37. The summed E-state index contributed by atoms with van der Waals surface area (Å²) < 4.78 is 13.0. The van der Waals surface area contributed by atoms with Gasteiger partial charge in [-0.25, -0.2) is 4.68 Å². The van der Waals surface area contributed by atoms with Gasteiger partial charge in [0.25, 0.3) is 5.56 Å². The molecule has 2 aliphatic rings. The van der Waals surface area contributed by atoms with Gasteiger partial charge in [0.1, 0.15) is 6.04 Å². The highest BCUT2D eigenvalue weighted by atomic mass is 16.5. The molecule has 0 spiro atoms. The Morgan fingerprint density at radius 2 is 1.69 bits per heavy atom. The van der Waals surface area contributed by atoms with E-state index in [2.05, 4.69) is 54.6 Å². The molecule has 0 bridgehead atoms. The van der Waals surface area contributed by atoms with Gasteiger partial charge in [-0.3, -0.25) is 14.6 Å². The molecule has 10 nitrogen and oxygen atoms in total. The van der Waals surface area contributed by atoms with Gasteiger partial charge in [0.15, 0.2) is 17.3 Å². The second-order valence-electron chi connectivity index (χ2n) is 10.5. The summed E-state index contributed by atoms with van der Waals surface area (Å²) in [6.45, 7) is 4.31. The fraction of sp³-hybridized carbons (Fsp3) is 0.448. The lowest BCUT2D eigenvalue weighted by atomic mass is 10.0. The first kappa shape index (κ1) is 25.5. The fourth-order valence-electron chi connectivity index (χ4n) is 6.06. The van der Waals surface area contributed by atoms with Gasteiger partial charge in [-0.15, -0.1) is 5.10 Å². The van der Waals surface area contributed by atoms with E-state index in [1.807, 2.05) is 22.9 Å². The minimum Gasteiger partial charge on any atom is -0.493 e. The molecule has 10 heteroatoms. The van der Waals surface area contributed by atoms with Crippen molar-refractivity contribution in [3.05, 3.63) is 75.8 Å². The third kappa shape index (κ3) is 5.14. The molecule has 3 heterocycles. The SMILES string of the molecule is COc1cc2cc(C(c3nnnn3C3CCCC3)N3CCN(Cc4ccccc4)CC3)c(=O)[nH]c2cc1OC. The standard InChI is InChI=1S/C29H35N7O3/c1-38-25-17-21-16-23(29(37)30-24(21)18-26(25)39-2)27(28-31-32-33-36(28)22-10-6-7-11-22)35-14-12-34(13-15-35)19-20-8-4-3-5-9-20/h3-5,8-9,16-18,22,27H,6-7,10-15,19H2,1-2H3,(H,30,37). The van der Waals surface area contributed by atoms with Crippen LogP contribution in [0.15, 0.2) is 53.3 Å². The summed E-state index contributed by atoms with van der Waals surface area (Å²) in [5.41, 5.74) is 2.50. The van der Waals surface area contributed by atoms with Crippen molar-refractivity contribution >= 4 is 10.9 Å². The van der Waals surface area contributed by atoms with E-state index in [9.17, 15) is 4.79 Å². The zero-order valence-electron chi connectivity index (χ0n) is 22.5. The number of hydrogen-bond donors (Lipinski definition) is 1. The van der Waals surface area contributed by atoms with Crippen molar-refractivity contribution in [2.24, 2.45) is 0 Å². The number of pyridine rings is 1. The average Bonchev–Trinajstić information content (AvgIpc) is 3.67. The van der Waals surface area contributed by atoms with E-state index in [4.69, 9.17) is 9.47 Å². The van der Waals surface area contributed by atoms with Crippen molar-refractivity contribution in [1.29, 1.82) is 0 Å². The van der Waals surface area contributed by atoms with Crippen LogP contribution in [0.1, 0.15) is 54.7 Å². The highest BCUT2D eigenvalue weighted by molar-refractivity contribution is 5.83. The lowest BCUT2D eigenvalue weighted by Gasteiger charge is -2.39. The molecule has 1 atom stereocenters. The zero-order valence-corrected chi connectivity index (χ0v) is 22.5. The minimum atomic E-state index is -0.360. The number of aromatic amines is 1. The number of piperazine rings is 1. The van der Waals surface area contributed by atoms with Crippen LogP contribution in [0.2, 0.25) is 0 Å². The van der Waals surface area contributed by atoms with Gasteiger partial charge in [-0.1, -0.05) is 43.2 Å². The number of fused-ring (bicyclic) bond motifs is 1. The predicted octanol–water partition coefficient (Wildman–Crippen LogP) is 3.55. The molecule has 0 amide bonds. The molecule has 1 saturated heterocycles. The first-order valence-corrected chi connectivity index (χ1v) is 13.7. The smallest absolute Gasteiger partial charge is 0.253 e. The van der Waals surface area contributed by atoms with Gasteiger partial charge in [-0.2, -0.15) is 0 Å². The summed E-state index contributed by atoms with van der Waals surface area (Å²) >= 11 is 0. The zero-order chi connectivity index (χ0) is 26.8. The third-order valence-electron chi connectivity index (χ3n) is 8.13. The molecule has 1 saturated carbocycles. The van der Waals surface area contributed by atoms with Crippen molar-refractivity contribution in [3.63, 3.8) is 0 Å². The number of hydrogen-bond acceptors (Lipinski definition) is 8. The van der Waals surface area contributed by atoms with Gasteiger partial charge < -0.3 is 14.5 Å². The number of ether oxygens (including phenoxy) is 2. The lowest BCUT2D eigenvalue weighted by Crippen LogP contribution is -2.48. The van der Waals surface area contributed by atoms with Gasteiger partial charge in [0, 0.05) is 49.7 Å². The molecule has 6 rings (SSSR count). The van der Waals surface area contributed by atoms with Gasteiger partial charge in [-0.05, 0) is 41.0 Å². The topological polar surface area (TPSA) is 101 Å². The quantitative estimate of drug-likeness (QED) is 0.370. The number of H-pyrrole nitrogens is 1. The highest BCUT2D eigenvalue weighted by Gasteiger charge is 2.34. The first-order valence-electron chi connectivity index (χ1n) is 13.7. The largest absolute Gasteiger partial charge is 0.493 e. The number of nitrogens with one attached hydrogen (secondary N) is 1.